The predicted molar refractivity (Wildman–Crippen MR) is 101 cm³/mol. The molecule has 1 aliphatic heterocycles. The molecule has 4 heteroatoms. The molecule has 0 atom stereocenters. The number of hydrogen-bond donors (Lipinski definition) is 1. The summed E-state index contributed by atoms with van der Waals surface area (Å²) < 4.78 is 0. The van der Waals surface area contributed by atoms with Gasteiger partial charge in [-0.3, -0.25) is 9.59 Å². The van der Waals surface area contributed by atoms with E-state index in [1.165, 1.54) is 11.1 Å². The number of hydrogen-bond acceptors (Lipinski definition) is 2. The first kappa shape index (κ1) is 19.5. The summed E-state index contributed by atoms with van der Waals surface area (Å²) in [4.78, 5) is 26.4. The SMILES string of the molecule is Cc1ccc(CCC(=O)N2CCC(NC(=O)CC(C)(C)C)CC2)cc1. The minimum Gasteiger partial charge on any atom is -0.353 e. The lowest BCUT2D eigenvalue weighted by Crippen LogP contribution is -2.47. The number of likely N-dealkylation sites (tertiary alicyclic amines) is 1. The van der Waals surface area contributed by atoms with Crippen molar-refractivity contribution in [2.45, 2.75) is 65.8 Å². The number of amides is 2. The third kappa shape index (κ3) is 6.89. The van der Waals surface area contributed by atoms with Gasteiger partial charge in [0.25, 0.3) is 0 Å². The van der Waals surface area contributed by atoms with Gasteiger partial charge in [0, 0.05) is 32.0 Å². The Morgan fingerprint density at radius 1 is 1.12 bits per heavy atom. The predicted octanol–water partition coefficient (Wildman–Crippen LogP) is 3.47. The van der Waals surface area contributed by atoms with Crippen molar-refractivity contribution >= 4 is 11.8 Å². The summed E-state index contributed by atoms with van der Waals surface area (Å²) in [7, 11) is 0. The molecule has 1 aliphatic rings. The van der Waals surface area contributed by atoms with Crippen molar-refractivity contribution in [3.63, 3.8) is 0 Å². The number of piperidine rings is 1. The van der Waals surface area contributed by atoms with Crippen molar-refractivity contribution in [1.82, 2.24) is 10.2 Å². The van der Waals surface area contributed by atoms with E-state index in [0.717, 1.165) is 32.4 Å². The lowest BCUT2D eigenvalue weighted by Gasteiger charge is -2.33. The molecule has 1 aromatic rings. The van der Waals surface area contributed by atoms with Crippen molar-refractivity contribution in [3.05, 3.63) is 35.4 Å². The van der Waals surface area contributed by atoms with Crippen LogP contribution in [-0.2, 0) is 16.0 Å². The molecule has 138 valence electrons. The van der Waals surface area contributed by atoms with Crippen molar-refractivity contribution in [2.75, 3.05) is 13.1 Å². The summed E-state index contributed by atoms with van der Waals surface area (Å²) in [5, 5.41) is 3.12. The van der Waals surface area contributed by atoms with Gasteiger partial charge < -0.3 is 10.2 Å². The summed E-state index contributed by atoms with van der Waals surface area (Å²) in [6, 6.07) is 8.58. The molecule has 2 amide bonds. The summed E-state index contributed by atoms with van der Waals surface area (Å²) in [6.45, 7) is 9.77. The Hall–Kier alpha value is -1.84. The molecule has 1 fully saturated rings. The number of carbonyl (C=O) groups excluding carboxylic acids is 2. The highest BCUT2D eigenvalue weighted by Gasteiger charge is 2.25. The highest BCUT2D eigenvalue weighted by atomic mass is 16.2. The van der Waals surface area contributed by atoms with Gasteiger partial charge in [-0.1, -0.05) is 50.6 Å². The molecule has 0 aliphatic carbocycles. The van der Waals surface area contributed by atoms with Crippen LogP contribution >= 0.6 is 0 Å². The van der Waals surface area contributed by atoms with E-state index < -0.39 is 0 Å². The minimum atomic E-state index is 0.0106. The van der Waals surface area contributed by atoms with Crippen LogP contribution in [0.1, 0.15) is 57.6 Å². The maximum Gasteiger partial charge on any atom is 0.222 e. The van der Waals surface area contributed by atoms with Gasteiger partial charge in [0.1, 0.15) is 0 Å². The Bertz CT molecular complexity index is 579. The van der Waals surface area contributed by atoms with Crippen LogP contribution < -0.4 is 5.32 Å². The number of carbonyl (C=O) groups is 2. The number of rotatable bonds is 5. The second-order valence-corrected chi connectivity index (χ2v) is 8.45. The molecule has 2 rings (SSSR count). The molecule has 1 N–H and O–H groups in total. The molecule has 0 bridgehead atoms. The van der Waals surface area contributed by atoms with Crippen LogP contribution in [0.25, 0.3) is 0 Å². The highest BCUT2D eigenvalue weighted by molar-refractivity contribution is 5.77. The summed E-state index contributed by atoms with van der Waals surface area (Å²) in [6.07, 6.45) is 3.60. The smallest absolute Gasteiger partial charge is 0.222 e. The fraction of sp³-hybridized carbons (Fsp3) is 0.619. The van der Waals surface area contributed by atoms with Gasteiger partial charge in [0.2, 0.25) is 11.8 Å². The van der Waals surface area contributed by atoms with Crippen molar-refractivity contribution in [1.29, 1.82) is 0 Å². The summed E-state index contributed by atoms with van der Waals surface area (Å²) in [5.41, 5.74) is 2.46. The summed E-state index contributed by atoms with van der Waals surface area (Å²) >= 11 is 0. The minimum absolute atomic E-state index is 0.0106. The molecular formula is C21H32N2O2. The fourth-order valence-electron chi connectivity index (χ4n) is 3.20. The Morgan fingerprint density at radius 2 is 1.72 bits per heavy atom. The van der Waals surface area contributed by atoms with Crippen LogP contribution in [-0.4, -0.2) is 35.8 Å². The molecule has 1 heterocycles. The van der Waals surface area contributed by atoms with Crippen molar-refractivity contribution in [3.8, 4) is 0 Å². The van der Waals surface area contributed by atoms with Gasteiger partial charge >= 0.3 is 0 Å². The van der Waals surface area contributed by atoms with E-state index in [1.54, 1.807) is 0 Å². The molecule has 0 radical (unpaired) electrons. The number of aryl methyl sites for hydroxylation is 2. The molecular weight excluding hydrogens is 312 g/mol. The van der Waals surface area contributed by atoms with Gasteiger partial charge in [0.05, 0.1) is 0 Å². The normalized spacial score (nSPS) is 15.9. The average Bonchev–Trinajstić information content (AvgIpc) is 2.53. The highest BCUT2D eigenvalue weighted by Crippen LogP contribution is 2.19. The summed E-state index contributed by atoms with van der Waals surface area (Å²) in [5.74, 6) is 0.344. The third-order valence-electron chi connectivity index (χ3n) is 4.65. The van der Waals surface area contributed by atoms with E-state index in [2.05, 4.69) is 57.3 Å². The maximum absolute atomic E-state index is 12.4. The first-order valence-corrected chi connectivity index (χ1v) is 9.36. The Morgan fingerprint density at radius 3 is 2.28 bits per heavy atom. The van der Waals surface area contributed by atoms with Gasteiger partial charge in [0.15, 0.2) is 0 Å². The lowest BCUT2D eigenvalue weighted by atomic mass is 9.91. The van der Waals surface area contributed by atoms with Crippen LogP contribution in [0.3, 0.4) is 0 Å². The van der Waals surface area contributed by atoms with Gasteiger partial charge in [-0.2, -0.15) is 0 Å². The topological polar surface area (TPSA) is 49.4 Å². The zero-order valence-electron chi connectivity index (χ0n) is 16.1. The molecule has 1 aromatic carbocycles. The third-order valence-corrected chi connectivity index (χ3v) is 4.65. The van der Waals surface area contributed by atoms with Gasteiger partial charge in [-0.15, -0.1) is 0 Å². The molecule has 0 unspecified atom stereocenters. The van der Waals surface area contributed by atoms with Crippen LogP contribution in [0.15, 0.2) is 24.3 Å². The first-order chi connectivity index (χ1) is 11.7. The van der Waals surface area contributed by atoms with Gasteiger partial charge in [-0.05, 0) is 37.2 Å². The van der Waals surface area contributed by atoms with E-state index in [1.807, 2.05) is 4.90 Å². The number of nitrogens with zero attached hydrogens (tertiary/aromatic N) is 1. The van der Waals surface area contributed by atoms with E-state index >= 15 is 0 Å². The lowest BCUT2D eigenvalue weighted by molar-refractivity contribution is -0.132. The second kappa shape index (κ2) is 8.50. The number of nitrogens with one attached hydrogen (secondary N) is 1. The Balaban J connectivity index is 1.71. The second-order valence-electron chi connectivity index (χ2n) is 8.45. The van der Waals surface area contributed by atoms with Crippen LogP contribution in [0.5, 0.6) is 0 Å². The standard InChI is InChI=1S/C21H32N2O2/c1-16-5-7-17(8-6-16)9-10-20(25)23-13-11-18(12-14-23)22-19(24)15-21(2,3)4/h5-8,18H,9-15H2,1-4H3,(H,22,24). The number of benzene rings is 1. The molecule has 0 saturated carbocycles. The zero-order chi connectivity index (χ0) is 18.4. The van der Waals surface area contributed by atoms with Crippen LogP contribution in [0, 0.1) is 12.3 Å². The average molecular weight is 344 g/mol. The van der Waals surface area contributed by atoms with E-state index in [0.29, 0.717) is 12.8 Å². The first-order valence-electron chi connectivity index (χ1n) is 9.36. The van der Waals surface area contributed by atoms with Crippen LogP contribution in [0.4, 0.5) is 0 Å². The van der Waals surface area contributed by atoms with E-state index in [9.17, 15) is 9.59 Å². The van der Waals surface area contributed by atoms with E-state index in [4.69, 9.17) is 0 Å². The Kier molecular flexibility index (Phi) is 6.63. The zero-order valence-corrected chi connectivity index (χ0v) is 16.1. The van der Waals surface area contributed by atoms with Crippen molar-refractivity contribution in [2.24, 2.45) is 5.41 Å². The largest absolute Gasteiger partial charge is 0.353 e. The fourth-order valence-corrected chi connectivity index (χ4v) is 3.20. The Labute approximate surface area is 152 Å². The van der Waals surface area contributed by atoms with Crippen molar-refractivity contribution < 1.29 is 9.59 Å². The quantitative estimate of drug-likeness (QED) is 0.889. The van der Waals surface area contributed by atoms with E-state index in [-0.39, 0.29) is 23.3 Å². The molecule has 1 saturated heterocycles. The molecule has 0 spiro atoms. The molecule has 0 aromatic heterocycles. The maximum atomic E-state index is 12.4. The molecule has 4 nitrogen and oxygen atoms in total. The molecule has 25 heavy (non-hydrogen) atoms. The van der Waals surface area contributed by atoms with Crippen LogP contribution in [0.2, 0.25) is 0 Å². The van der Waals surface area contributed by atoms with Gasteiger partial charge in [-0.25, -0.2) is 0 Å². The monoisotopic (exact) mass is 344 g/mol.